The Kier molecular flexibility index (Phi) is 8.32. The van der Waals surface area contributed by atoms with Crippen LogP contribution in [-0.2, 0) is 11.2 Å². The van der Waals surface area contributed by atoms with E-state index in [2.05, 4.69) is 12.2 Å². The van der Waals surface area contributed by atoms with E-state index in [1.807, 2.05) is 18.2 Å². The van der Waals surface area contributed by atoms with Crippen molar-refractivity contribution in [3.05, 3.63) is 23.8 Å². The highest BCUT2D eigenvalue weighted by atomic mass is 16.5. The van der Waals surface area contributed by atoms with Gasteiger partial charge >= 0.3 is 0 Å². The number of aryl methyl sites for hydroxylation is 1. The number of hydrogen-bond acceptors (Lipinski definition) is 3. The van der Waals surface area contributed by atoms with E-state index in [9.17, 15) is 4.79 Å². The van der Waals surface area contributed by atoms with E-state index in [1.165, 1.54) is 19.3 Å². The highest BCUT2D eigenvalue weighted by Gasteiger charge is 2.08. The van der Waals surface area contributed by atoms with E-state index in [-0.39, 0.29) is 5.91 Å². The van der Waals surface area contributed by atoms with Gasteiger partial charge in [0.15, 0.2) is 0 Å². The average molecular weight is 293 g/mol. The molecule has 1 aromatic rings. The lowest BCUT2D eigenvalue weighted by atomic mass is 10.1. The van der Waals surface area contributed by atoms with Crippen LogP contribution < -0.4 is 14.8 Å². The Balaban J connectivity index is 2.38. The van der Waals surface area contributed by atoms with Gasteiger partial charge < -0.3 is 14.8 Å². The smallest absolute Gasteiger partial charge is 0.220 e. The lowest BCUT2D eigenvalue weighted by Gasteiger charge is -2.10. The van der Waals surface area contributed by atoms with Crippen molar-refractivity contribution in [2.45, 2.75) is 45.4 Å². The summed E-state index contributed by atoms with van der Waals surface area (Å²) in [5.41, 5.74) is 0.998. The molecule has 4 nitrogen and oxygen atoms in total. The fourth-order valence-electron chi connectivity index (χ4n) is 2.19. The van der Waals surface area contributed by atoms with E-state index in [1.54, 1.807) is 14.2 Å². The largest absolute Gasteiger partial charge is 0.497 e. The first-order valence-corrected chi connectivity index (χ1v) is 7.68. The van der Waals surface area contributed by atoms with Crippen molar-refractivity contribution < 1.29 is 14.3 Å². The molecule has 0 heterocycles. The quantitative estimate of drug-likeness (QED) is 0.673. The van der Waals surface area contributed by atoms with Crippen LogP contribution in [0.2, 0.25) is 0 Å². The Morgan fingerprint density at radius 2 is 1.95 bits per heavy atom. The molecular formula is C17H27NO3. The van der Waals surface area contributed by atoms with Crippen LogP contribution in [0.1, 0.15) is 44.6 Å². The van der Waals surface area contributed by atoms with Gasteiger partial charge in [-0.2, -0.15) is 0 Å². The molecule has 0 aliphatic carbocycles. The summed E-state index contributed by atoms with van der Waals surface area (Å²) in [5.74, 6) is 1.67. The third-order valence-corrected chi connectivity index (χ3v) is 3.46. The molecule has 0 aromatic heterocycles. The molecule has 4 heteroatoms. The number of carbonyl (C=O) groups is 1. The molecule has 1 aromatic carbocycles. The van der Waals surface area contributed by atoms with Crippen molar-refractivity contribution in [3.8, 4) is 11.5 Å². The summed E-state index contributed by atoms with van der Waals surface area (Å²) in [6.07, 6.45) is 5.81. The minimum Gasteiger partial charge on any atom is -0.497 e. The SMILES string of the molecule is CCCCCCNC(=O)CCc1cc(OC)ccc1OC. The normalized spacial score (nSPS) is 10.2. The molecule has 0 aliphatic heterocycles. The number of rotatable bonds is 10. The Labute approximate surface area is 127 Å². The number of methoxy groups -OCH3 is 2. The molecule has 118 valence electrons. The van der Waals surface area contributed by atoms with Crippen molar-refractivity contribution in [3.63, 3.8) is 0 Å². The highest BCUT2D eigenvalue weighted by Crippen LogP contribution is 2.24. The molecular weight excluding hydrogens is 266 g/mol. The zero-order chi connectivity index (χ0) is 15.5. The predicted octanol–water partition coefficient (Wildman–Crippen LogP) is 3.33. The van der Waals surface area contributed by atoms with Crippen LogP contribution in [-0.4, -0.2) is 26.7 Å². The van der Waals surface area contributed by atoms with Gasteiger partial charge in [-0.1, -0.05) is 26.2 Å². The molecule has 1 N–H and O–H groups in total. The summed E-state index contributed by atoms with van der Waals surface area (Å²) < 4.78 is 10.5. The molecule has 21 heavy (non-hydrogen) atoms. The van der Waals surface area contributed by atoms with Gasteiger partial charge in [-0.15, -0.1) is 0 Å². The van der Waals surface area contributed by atoms with Crippen LogP contribution in [0.3, 0.4) is 0 Å². The number of hydrogen-bond donors (Lipinski definition) is 1. The Hall–Kier alpha value is -1.71. The number of nitrogens with one attached hydrogen (secondary N) is 1. The van der Waals surface area contributed by atoms with Crippen LogP contribution >= 0.6 is 0 Å². The Morgan fingerprint density at radius 3 is 2.62 bits per heavy atom. The zero-order valence-electron chi connectivity index (χ0n) is 13.4. The zero-order valence-corrected chi connectivity index (χ0v) is 13.4. The number of unbranched alkanes of at least 4 members (excludes halogenated alkanes) is 3. The average Bonchev–Trinajstić information content (AvgIpc) is 2.52. The van der Waals surface area contributed by atoms with E-state index in [0.717, 1.165) is 30.0 Å². The van der Waals surface area contributed by atoms with Crippen LogP contribution in [0.4, 0.5) is 0 Å². The second-order valence-corrected chi connectivity index (χ2v) is 5.09. The van der Waals surface area contributed by atoms with Crippen LogP contribution in [0.5, 0.6) is 11.5 Å². The monoisotopic (exact) mass is 293 g/mol. The van der Waals surface area contributed by atoms with E-state index >= 15 is 0 Å². The Morgan fingerprint density at radius 1 is 1.14 bits per heavy atom. The molecule has 0 atom stereocenters. The van der Waals surface area contributed by atoms with Gasteiger partial charge in [-0.25, -0.2) is 0 Å². The number of ether oxygens (including phenoxy) is 2. The number of benzene rings is 1. The van der Waals surface area contributed by atoms with E-state index in [0.29, 0.717) is 12.8 Å². The molecule has 1 rings (SSSR count). The minimum atomic E-state index is 0.0939. The maximum Gasteiger partial charge on any atom is 0.220 e. The maximum atomic E-state index is 11.8. The molecule has 0 radical (unpaired) electrons. The van der Waals surface area contributed by atoms with Crippen molar-refractivity contribution in [1.82, 2.24) is 5.32 Å². The predicted molar refractivity (Wildman–Crippen MR) is 85.0 cm³/mol. The van der Waals surface area contributed by atoms with Crippen molar-refractivity contribution >= 4 is 5.91 Å². The molecule has 0 spiro atoms. The standard InChI is InChI=1S/C17H27NO3/c1-4-5-6-7-12-18-17(19)11-8-14-13-15(20-2)9-10-16(14)21-3/h9-10,13H,4-8,11-12H2,1-3H3,(H,18,19). The van der Waals surface area contributed by atoms with Crippen molar-refractivity contribution in [2.24, 2.45) is 0 Å². The third-order valence-electron chi connectivity index (χ3n) is 3.46. The van der Waals surface area contributed by atoms with Crippen molar-refractivity contribution in [2.75, 3.05) is 20.8 Å². The van der Waals surface area contributed by atoms with Gasteiger partial charge in [0.2, 0.25) is 5.91 Å². The summed E-state index contributed by atoms with van der Waals surface area (Å²) >= 11 is 0. The van der Waals surface area contributed by atoms with Gasteiger partial charge in [0, 0.05) is 13.0 Å². The first-order valence-electron chi connectivity index (χ1n) is 7.68. The van der Waals surface area contributed by atoms with Crippen LogP contribution in [0.15, 0.2) is 18.2 Å². The highest BCUT2D eigenvalue weighted by molar-refractivity contribution is 5.76. The molecule has 1 amide bonds. The van der Waals surface area contributed by atoms with Gasteiger partial charge in [-0.3, -0.25) is 4.79 Å². The molecule has 0 unspecified atom stereocenters. The van der Waals surface area contributed by atoms with Gasteiger partial charge in [0.25, 0.3) is 0 Å². The molecule has 0 saturated carbocycles. The first kappa shape index (κ1) is 17.3. The summed E-state index contributed by atoms with van der Waals surface area (Å²) in [4.78, 5) is 11.8. The summed E-state index contributed by atoms with van der Waals surface area (Å²) in [5, 5.41) is 2.97. The second-order valence-electron chi connectivity index (χ2n) is 5.09. The van der Waals surface area contributed by atoms with E-state index < -0.39 is 0 Å². The fraction of sp³-hybridized carbons (Fsp3) is 0.588. The molecule has 0 aliphatic rings. The number of amides is 1. The summed E-state index contributed by atoms with van der Waals surface area (Å²) in [7, 11) is 3.27. The fourth-order valence-corrected chi connectivity index (χ4v) is 2.19. The topological polar surface area (TPSA) is 47.6 Å². The second kappa shape index (κ2) is 10.1. The summed E-state index contributed by atoms with van der Waals surface area (Å²) in [6, 6.07) is 5.65. The van der Waals surface area contributed by atoms with Gasteiger partial charge in [-0.05, 0) is 36.6 Å². The molecule has 0 saturated heterocycles. The van der Waals surface area contributed by atoms with Crippen LogP contribution in [0.25, 0.3) is 0 Å². The molecule has 0 fully saturated rings. The van der Waals surface area contributed by atoms with Crippen LogP contribution in [0, 0.1) is 0 Å². The van der Waals surface area contributed by atoms with Gasteiger partial charge in [0.1, 0.15) is 11.5 Å². The molecule has 0 bridgehead atoms. The van der Waals surface area contributed by atoms with Gasteiger partial charge in [0.05, 0.1) is 14.2 Å². The lowest BCUT2D eigenvalue weighted by Crippen LogP contribution is -2.24. The lowest BCUT2D eigenvalue weighted by molar-refractivity contribution is -0.121. The maximum absolute atomic E-state index is 11.8. The first-order chi connectivity index (χ1) is 10.2. The number of carbonyl (C=O) groups excluding carboxylic acids is 1. The summed E-state index contributed by atoms with van der Waals surface area (Å²) in [6.45, 7) is 2.95. The van der Waals surface area contributed by atoms with Crippen molar-refractivity contribution in [1.29, 1.82) is 0 Å². The third kappa shape index (κ3) is 6.52. The Bertz CT molecular complexity index is 432. The minimum absolute atomic E-state index is 0.0939. The van der Waals surface area contributed by atoms with E-state index in [4.69, 9.17) is 9.47 Å².